The van der Waals surface area contributed by atoms with Crippen LogP contribution in [0.25, 0.3) is 0 Å². The van der Waals surface area contributed by atoms with Gasteiger partial charge in [0.05, 0.1) is 26.4 Å². The van der Waals surface area contributed by atoms with Crippen LogP contribution in [-0.2, 0) is 14.3 Å². The summed E-state index contributed by atoms with van der Waals surface area (Å²) in [5, 5.41) is 8.38. The van der Waals surface area contributed by atoms with E-state index in [2.05, 4.69) is 5.48 Å². The molecule has 0 radical (unpaired) electrons. The highest BCUT2D eigenvalue weighted by Crippen LogP contribution is 2.06. The van der Waals surface area contributed by atoms with Crippen molar-refractivity contribution in [2.75, 3.05) is 26.4 Å². The van der Waals surface area contributed by atoms with Gasteiger partial charge in [0, 0.05) is 0 Å². The van der Waals surface area contributed by atoms with E-state index in [1.807, 2.05) is 0 Å². The van der Waals surface area contributed by atoms with Gasteiger partial charge in [-0.15, -0.1) is 0 Å². The van der Waals surface area contributed by atoms with Crippen LogP contribution in [0.2, 0.25) is 0 Å². The molecule has 0 heterocycles. The summed E-state index contributed by atoms with van der Waals surface area (Å²) < 4.78 is 9.81. The molecule has 0 aromatic rings. The van der Waals surface area contributed by atoms with Crippen LogP contribution in [0.15, 0.2) is 0 Å². The van der Waals surface area contributed by atoms with E-state index >= 15 is 0 Å². The Kier molecular flexibility index (Phi) is 7.02. The molecule has 0 rings (SSSR count). The maximum atomic E-state index is 11.0. The zero-order valence-corrected chi connectivity index (χ0v) is 9.41. The van der Waals surface area contributed by atoms with Crippen molar-refractivity contribution in [3.63, 3.8) is 0 Å². The first-order chi connectivity index (χ1) is 6.95. The third kappa shape index (κ3) is 11.1. The fourth-order valence-electron chi connectivity index (χ4n) is 0.676. The number of carbonyl (C=O) groups is 1. The van der Waals surface area contributed by atoms with E-state index in [4.69, 9.17) is 19.4 Å². The second-order valence-corrected chi connectivity index (χ2v) is 3.79. The van der Waals surface area contributed by atoms with Crippen molar-refractivity contribution < 1.29 is 24.2 Å². The molecular weight excluding hydrogens is 202 g/mol. The quantitative estimate of drug-likeness (QED) is 0.503. The Bertz CT molecular complexity index is 178. The van der Waals surface area contributed by atoms with Gasteiger partial charge in [-0.05, 0) is 20.8 Å². The third-order valence-electron chi connectivity index (χ3n) is 1.12. The molecule has 0 saturated heterocycles. The van der Waals surface area contributed by atoms with E-state index in [1.165, 1.54) is 0 Å². The molecule has 0 aliphatic carbocycles. The van der Waals surface area contributed by atoms with Gasteiger partial charge < -0.3 is 14.6 Å². The van der Waals surface area contributed by atoms with Crippen LogP contribution < -0.4 is 5.48 Å². The topological polar surface area (TPSA) is 77.0 Å². The SMILES string of the molecule is CC(C)(C)OC(=O)NOCCOCCO. The van der Waals surface area contributed by atoms with Crippen LogP contribution in [0.4, 0.5) is 4.79 Å². The Morgan fingerprint density at radius 2 is 1.93 bits per heavy atom. The van der Waals surface area contributed by atoms with Crippen LogP contribution in [0.3, 0.4) is 0 Å². The van der Waals surface area contributed by atoms with Crippen molar-refractivity contribution >= 4 is 6.09 Å². The van der Waals surface area contributed by atoms with Crippen LogP contribution in [0.1, 0.15) is 20.8 Å². The lowest BCUT2D eigenvalue weighted by molar-refractivity contribution is -0.0291. The molecule has 0 saturated carbocycles. The average Bonchev–Trinajstić information content (AvgIpc) is 2.08. The number of aliphatic hydroxyl groups excluding tert-OH is 1. The molecule has 2 N–H and O–H groups in total. The molecule has 90 valence electrons. The summed E-state index contributed by atoms with van der Waals surface area (Å²) in [6, 6.07) is 0. The van der Waals surface area contributed by atoms with Gasteiger partial charge in [-0.25, -0.2) is 4.79 Å². The van der Waals surface area contributed by atoms with E-state index in [0.717, 1.165) is 0 Å². The van der Waals surface area contributed by atoms with Crippen molar-refractivity contribution in [2.24, 2.45) is 0 Å². The van der Waals surface area contributed by atoms with E-state index < -0.39 is 11.7 Å². The number of amides is 1. The van der Waals surface area contributed by atoms with Gasteiger partial charge in [0.15, 0.2) is 0 Å². The summed E-state index contributed by atoms with van der Waals surface area (Å²) in [6.07, 6.45) is -0.635. The monoisotopic (exact) mass is 221 g/mol. The molecule has 6 nitrogen and oxygen atoms in total. The molecule has 0 fully saturated rings. The number of aliphatic hydroxyl groups is 1. The lowest BCUT2D eigenvalue weighted by Gasteiger charge is -2.19. The minimum Gasteiger partial charge on any atom is -0.442 e. The van der Waals surface area contributed by atoms with Crippen LogP contribution >= 0.6 is 0 Å². The molecule has 0 aliphatic heterocycles. The van der Waals surface area contributed by atoms with E-state index in [1.54, 1.807) is 20.8 Å². The molecule has 15 heavy (non-hydrogen) atoms. The Labute approximate surface area is 89.5 Å². The van der Waals surface area contributed by atoms with Crippen molar-refractivity contribution in [1.82, 2.24) is 5.48 Å². The molecule has 1 amide bonds. The predicted molar refractivity (Wildman–Crippen MR) is 53.2 cm³/mol. The summed E-state index contributed by atoms with van der Waals surface area (Å²) in [5.74, 6) is 0. The van der Waals surface area contributed by atoms with E-state index in [0.29, 0.717) is 6.61 Å². The summed E-state index contributed by atoms with van der Waals surface area (Å²) in [4.78, 5) is 15.8. The fourth-order valence-corrected chi connectivity index (χ4v) is 0.676. The van der Waals surface area contributed by atoms with Gasteiger partial charge in [0.2, 0.25) is 0 Å². The Hall–Kier alpha value is -0.850. The summed E-state index contributed by atoms with van der Waals surface area (Å²) in [5.41, 5.74) is 1.57. The second-order valence-electron chi connectivity index (χ2n) is 3.79. The first-order valence-electron chi connectivity index (χ1n) is 4.75. The van der Waals surface area contributed by atoms with Crippen molar-refractivity contribution in [2.45, 2.75) is 26.4 Å². The number of hydroxylamine groups is 1. The van der Waals surface area contributed by atoms with E-state index in [9.17, 15) is 4.79 Å². The lowest BCUT2D eigenvalue weighted by Crippen LogP contribution is -2.33. The third-order valence-corrected chi connectivity index (χ3v) is 1.12. The van der Waals surface area contributed by atoms with Gasteiger partial charge in [-0.3, -0.25) is 4.84 Å². The maximum absolute atomic E-state index is 11.0. The molecule has 0 aromatic heterocycles. The van der Waals surface area contributed by atoms with Gasteiger partial charge in [0.1, 0.15) is 5.60 Å². The van der Waals surface area contributed by atoms with Crippen LogP contribution in [0, 0.1) is 0 Å². The number of carbonyl (C=O) groups excluding carboxylic acids is 1. The van der Waals surface area contributed by atoms with Gasteiger partial charge in [-0.1, -0.05) is 0 Å². The van der Waals surface area contributed by atoms with E-state index in [-0.39, 0.29) is 19.8 Å². The summed E-state index contributed by atoms with van der Waals surface area (Å²) in [7, 11) is 0. The number of hydrogen-bond acceptors (Lipinski definition) is 5. The number of ether oxygens (including phenoxy) is 2. The highest BCUT2D eigenvalue weighted by atomic mass is 16.7. The normalized spacial score (nSPS) is 11.2. The van der Waals surface area contributed by atoms with Gasteiger partial charge in [-0.2, -0.15) is 5.48 Å². The fraction of sp³-hybridized carbons (Fsp3) is 0.889. The number of hydrogen-bond donors (Lipinski definition) is 2. The predicted octanol–water partition coefficient (Wildman–Crippen LogP) is 0.452. The maximum Gasteiger partial charge on any atom is 0.431 e. The molecule has 6 heteroatoms. The summed E-state index contributed by atoms with van der Waals surface area (Å²) in [6.45, 7) is 6.02. The largest absolute Gasteiger partial charge is 0.442 e. The second kappa shape index (κ2) is 7.44. The molecule has 0 spiro atoms. The zero-order chi connectivity index (χ0) is 11.7. The first-order valence-corrected chi connectivity index (χ1v) is 4.75. The minimum atomic E-state index is -0.635. The average molecular weight is 221 g/mol. The standard InChI is InChI=1S/C9H19NO5/c1-9(2,3)15-8(12)10-14-7-6-13-5-4-11/h11H,4-7H2,1-3H3,(H,10,12). The molecule has 0 aromatic carbocycles. The molecule has 0 aliphatic rings. The molecule has 0 unspecified atom stereocenters. The Balaban J connectivity index is 3.32. The molecular formula is C9H19NO5. The van der Waals surface area contributed by atoms with Crippen LogP contribution in [-0.4, -0.2) is 43.2 Å². The highest BCUT2D eigenvalue weighted by Gasteiger charge is 2.15. The smallest absolute Gasteiger partial charge is 0.431 e. The molecule has 0 bridgehead atoms. The highest BCUT2D eigenvalue weighted by molar-refractivity contribution is 5.66. The number of nitrogens with one attached hydrogen (secondary N) is 1. The van der Waals surface area contributed by atoms with Crippen molar-refractivity contribution in [3.8, 4) is 0 Å². The Morgan fingerprint density at radius 1 is 1.27 bits per heavy atom. The van der Waals surface area contributed by atoms with Crippen LogP contribution in [0.5, 0.6) is 0 Å². The lowest BCUT2D eigenvalue weighted by atomic mass is 10.2. The van der Waals surface area contributed by atoms with Crippen molar-refractivity contribution in [3.05, 3.63) is 0 Å². The zero-order valence-electron chi connectivity index (χ0n) is 9.41. The van der Waals surface area contributed by atoms with Crippen molar-refractivity contribution in [1.29, 1.82) is 0 Å². The minimum absolute atomic E-state index is 0.0283. The summed E-state index contributed by atoms with van der Waals surface area (Å²) >= 11 is 0. The number of rotatable bonds is 6. The van der Waals surface area contributed by atoms with Gasteiger partial charge >= 0.3 is 6.09 Å². The van der Waals surface area contributed by atoms with Gasteiger partial charge in [0.25, 0.3) is 0 Å². The Morgan fingerprint density at radius 3 is 2.47 bits per heavy atom. The first kappa shape index (κ1) is 14.2. The molecule has 0 atom stereocenters.